The highest BCUT2D eigenvalue weighted by Gasteiger charge is 2.31. The molecular formula is C12H9F3IN3. The Morgan fingerprint density at radius 1 is 1.16 bits per heavy atom. The maximum atomic E-state index is 12.6. The summed E-state index contributed by atoms with van der Waals surface area (Å²) in [5.41, 5.74) is 5.21. The maximum absolute atomic E-state index is 12.6. The largest absolute Gasteiger partial charge is 0.416 e. The molecule has 19 heavy (non-hydrogen) atoms. The van der Waals surface area contributed by atoms with Crippen molar-refractivity contribution in [3.05, 3.63) is 45.5 Å². The molecule has 0 saturated heterocycles. The number of nitrogens with zero attached hydrogens (tertiary/aromatic N) is 1. The Bertz CT molecular complexity index is 599. The summed E-state index contributed by atoms with van der Waals surface area (Å²) in [4.78, 5) is 3.84. The lowest BCUT2D eigenvalue weighted by Gasteiger charge is -2.11. The molecule has 0 fully saturated rings. The van der Waals surface area contributed by atoms with Crippen LogP contribution in [0.4, 0.5) is 30.5 Å². The molecule has 1 heterocycles. The number of nitrogens with one attached hydrogen (secondary N) is 1. The molecule has 1 aromatic heterocycles. The van der Waals surface area contributed by atoms with Crippen LogP contribution < -0.4 is 11.1 Å². The van der Waals surface area contributed by atoms with E-state index in [9.17, 15) is 13.2 Å². The molecule has 0 aliphatic carbocycles. The second-order valence-corrected chi connectivity index (χ2v) is 5.04. The van der Waals surface area contributed by atoms with Crippen molar-refractivity contribution >= 4 is 39.9 Å². The number of benzene rings is 1. The summed E-state index contributed by atoms with van der Waals surface area (Å²) >= 11 is 2.11. The van der Waals surface area contributed by atoms with Gasteiger partial charge in [0.05, 0.1) is 5.56 Å². The van der Waals surface area contributed by atoms with Crippen molar-refractivity contribution in [2.45, 2.75) is 6.18 Å². The SMILES string of the molecule is Nc1cc(C(F)(F)F)cc(Nc2cccc(I)c2)n1. The molecule has 0 radical (unpaired) electrons. The zero-order valence-corrected chi connectivity index (χ0v) is 11.7. The van der Waals surface area contributed by atoms with Gasteiger partial charge in [-0.15, -0.1) is 0 Å². The van der Waals surface area contributed by atoms with Crippen LogP contribution in [0.2, 0.25) is 0 Å². The molecule has 0 aliphatic heterocycles. The first-order chi connectivity index (χ1) is 8.84. The molecule has 0 atom stereocenters. The molecule has 0 amide bonds. The van der Waals surface area contributed by atoms with Gasteiger partial charge in [-0.1, -0.05) is 6.07 Å². The number of nitrogens with two attached hydrogens (primary N) is 1. The summed E-state index contributed by atoms with van der Waals surface area (Å²) < 4.78 is 38.9. The standard InChI is InChI=1S/C12H9F3IN3/c13-12(14,15)7-4-10(17)19-11(5-7)18-9-3-1-2-8(16)6-9/h1-6H,(H3,17,18,19). The molecule has 7 heteroatoms. The van der Waals surface area contributed by atoms with Crippen molar-refractivity contribution in [3.63, 3.8) is 0 Å². The Balaban J connectivity index is 2.33. The number of nitrogen functional groups attached to an aromatic ring is 1. The number of rotatable bonds is 2. The van der Waals surface area contributed by atoms with Gasteiger partial charge in [0.1, 0.15) is 11.6 Å². The zero-order valence-electron chi connectivity index (χ0n) is 9.50. The van der Waals surface area contributed by atoms with E-state index in [1.165, 1.54) is 0 Å². The van der Waals surface area contributed by atoms with Gasteiger partial charge in [-0.2, -0.15) is 13.2 Å². The first-order valence-electron chi connectivity index (χ1n) is 5.22. The average Bonchev–Trinajstić information content (AvgIpc) is 2.26. The molecule has 3 nitrogen and oxygen atoms in total. The Labute approximate surface area is 121 Å². The van der Waals surface area contributed by atoms with Crippen molar-refractivity contribution in [1.29, 1.82) is 0 Å². The molecule has 0 saturated carbocycles. The Kier molecular flexibility index (Phi) is 3.83. The van der Waals surface area contributed by atoms with Crippen LogP contribution in [-0.2, 0) is 6.18 Å². The van der Waals surface area contributed by atoms with Crippen molar-refractivity contribution < 1.29 is 13.2 Å². The summed E-state index contributed by atoms with van der Waals surface area (Å²) in [5.74, 6) is -0.114. The predicted octanol–water partition coefficient (Wildman–Crippen LogP) is 4.03. The van der Waals surface area contributed by atoms with Crippen LogP contribution in [0.25, 0.3) is 0 Å². The zero-order chi connectivity index (χ0) is 14.0. The van der Waals surface area contributed by atoms with Crippen LogP contribution in [-0.4, -0.2) is 4.98 Å². The summed E-state index contributed by atoms with van der Waals surface area (Å²) in [7, 11) is 0. The molecule has 3 N–H and O–H groups in total. The van der Waals surface area contributed by atoms with Gasteiger partial charge in [0.2, 0.25) is 0 Å². The molecule has 1 aromatic carbocycles. The van der Waals surface area contributed by atoms with Crippen LogP contribution in [0.5, 0.6) is 0 Å². The van der Waals surface area contributed by atoms with Crippen LogP contribution in [0.15, 0.2) is 36.4 Å². The normalized spacial score (nSPS) is 11.4. The number of alkyl halides is 3. The first-order valence-corrected chi connectivity index (χ1v) is 6.30. The van der Waals surface area contributed by atoms with E-state index in [1.54, 1.807) is 18.2 Å². The van der Waals surface area contributed by atoms with E-state index in [1.807, 2.05) is 6.07 Å². The monoisotopic (exact) mass is 379 g/mol. The average molecular weight is 379 g/mol. The minimum atomic E-state index is -4.45. The highest BCUT2D eigenvalue weighted by molar-refractivity contribution is 14.1. The topological polar surface area (TPSA) is 50.9 Å². The van der Waals surface area contributed by atoms with E-state index >= 15 is 0 Å². The van der Waals surface area contributed by atoms with E-state index in [2.05, 4.69) is 32.9 Å². The van der Waals surface area contributed by atoms with Gasteiger partial charge in [0.25, 0.3) is 0 Å². The number of aromatic nitrogens is 1. The predicted molar refractivity (Wildman–Crippen MR) is 76.1 cm³/mol. The van der Waals surface area contributed by atoms with Gasteiger partial charge in [-0.3, -0.25) is 0 Å². The van der Waals surface area contributed by atoms with Crippen LogP contribution in [0.3, 0.4) is 0 Å². The third-order valence-electron chi connectivity index (χ3n) is 2.27. The second kappa shape index (κ2) is 5.24. The van der Waals surface area contributed by atoms with E-state index in [0.29, 0.717) is 5.69 Å². The molecular weight excluding hydrogens is 370 g/mol. The fraction of sp³-hybridized carbons (Fsp3) is 0.0833. The molecule has 100 valence electrons. The number of hydrogen-bond donors (Lipinski definition) is 2. The lowest BCUT2D eigenvalue weighted by Crippen LogP contribution is -2.08. The lowest BCUT2D eigenvalue weighted by molar-refractivity contribution is -0.137. The minimum Gasteiger partial charge on any atom is -0.384 e. The van der Waals surface area contributed by atoms with E-state index in [0.717, 1.165) is 15.7 Å². The summed E-state index contributed by atoms with van der Waals surface area (Å²) in [6, 6.07) is 8.93. The number of hydrogen-bond acceptors (Lipinski definition) is 3. The van der Waals surface area contributed by atoms with Crippen molar-refractivity contribution in [2.24, 2.45) is 0 Å². The van der Waals surface area contributed by atoms with Gasteiger partial charge < -0.3 is 11.1 Å². The van der Waals surface area contributed by atoms with E-state index in [4.69, 9.17) is 5.73 Å². The first kappa shape index (κ1) is 13.9. The Morgan fingerprint density at radius 2 is 1.89 bits per heavy atom. The van der Waals surface area contributed by atoms with Gasteiger partial charge in [0, 0.05) is 9.26 Å². The number of halogens is 4. The summed E-state index contributed by atoms with van der Waals surface area (Å²) in [6.07, 6.45) is -4.45. The molecule has 0 aliphatic rings. The summed E-state index contributed by atoms with van der Waals surface area (Å²) in [5, 5.41) is 2.80. The highest BCUT2D eigenvalue weighted by atomic mass is 127. The number of anilines is 3. The van der Waals surface area contributed by atoms with Crippen LogP contribution >= 0.6 is 22.6 Å². The molecule has 2 aromatic rings. The molecule has 0 bridgehead atoms. The second-order valence-electron chi connectivity index (χ2n) is 3.80. The Morgan fingerprint density at radius 3 is 2.53 bits per heavy atom. The van der Waals surface area contributed by atoms with Gasteiger partial charge in [-0.25, -0.2) is 4.98 Å². The third kappa shape index (κ3) is 3.72. The number of pyridine rings is 1. The van der Waals surface area contributed by atoms with Crippen molar-refractivity contribution in [2.75, 3.05) is 11.1 Å². The fourth-order valence-electron chi connectivity index (χ4n) is 1.49. The molecule has 0 unspecified atom stereocenters. The lowest BCUT2D eigenvalue weighted by atomic mass is 10.2. The quantitative estimate of drug-likeness (QED) is 0.775. The highest BCUT2D eigenvalue weighted by Crippen LogP contribution is 2.32. The van der Waals surface area contributed by atoms with Crippen molar-refractivity contribution in [1.82, 2.24) is 4.98 Å². The summed E-state index contributed by atoms with van der Waals surface area (Å²) in [6.45, 7) is 0. The smallest absolute Gasteiger partial charge is 0.384 e. The molecule has 2 rings (SSSR count). The van der Waals surface area contributed by atoms with Crippen LogP contribution in [0.1, 0.15) is 5.56 Å². The van der Waals surface area contributed by atoms with Crippen LogP contribution in [0, 0.1) is 3.57 Å². The minimum absolute atomic E-state index is 0.0642. The van der Waals surface area contributed by atoms with Gasteiger partial charge >= 0.3 is 6.18 Å². The molecule has 0 spiro atoms. The fourth-order valence-corrected chi connectivity index (χ4v) is 2.04. The van der Waals surface area contributed by atoms with Gasteiger partial charge in [-0.05, 0) is 52.9 Å². The van der Waals surface area contributed by atoms with E-state index < -0.39 is 11.7 Å². The maximum Gasteiger partial charge on any atom is 0.416 e. The van der Waals surface area contributed by atoms with Crippen molar-refractivity contribution in [3.8, 4) is 0 Å². The van der Waals surface area contributed by atoms with Gasteiger partial charge in [0.15, 0.2) is 0 Å². The Hall–Kier alpha value is -1.51. The third-order valence-corrected chi connectivity index (χ3v) is 2.94. The van der Waals surface area contributed by atoms with E-state index in [-0.39, 0.29) is 11.6 Å².